The summed E-state index contributed by atoms with van der Waals surface area (Å²) in [6, 6.07) is 6.07. The van der Waals surface area contributed by atoms with Crippen LogP contribution in [0, 0.1) is 11.8 Å². The van der Waals surface area contributed by atoms with E-state index in [1.807, 2.05) is 18.3 Å². The number of nitrogens with zero attached hydrogens (tertiary/aromatic N) is 1. The normalized spacial score (nSPS) is 33.3. The number of allylic oxidation sites excluding steroid dienone is 1. The van der Waals surface area contributed by atoms with Gasteiger partial charge in [0.05, 0.1) is 12.3 Å². The number of pyridine rings is 1. The monoisotopic (exact) mass is 215 g/mol. The van der Waals surface area contributed by atoms with E-state index < -0.39 is 0 Å². The number of hydrogen-bond acceptors (Lipinski definition) is 2. The SMILES string of the molecule is CC1=CCC2COC(c3ccccn3)C1C2. The van der Waals surface area contributed by atoms with Gasteiger partial charge in [0.1, 0.15) is 6.10 Å². The van der Waals surface area contributed by atoms with E-state index in [4.69, 9.17) is 4.74 Å². The first-order chi connectivity index (χ1) is 7.84. The van der Waals surface area contributed by atoms with Gasteiger partial charge >= 0.3 is 0 Å². The molecule has 1 aromatic rings. The van der Waals surface area contributed by atoms with Gasteiger partial charge in [0.25, 0.3) is 0 Å². The van der Waals surface area contributed by atoms with Gasteiger partial charge < -0.3 is 4.74 Å². The molecule has 1 aliphatic heterocycles. The third-order valence-corrected chi connectivity index (χ3v) is 3.80. The fraction of sp³-hybridized carbons (Fsp3) is 0.500. The van der Waals surface area contributed by atoms with E-state index in [9.17, 15) is 0 Å². The van der Waals surface area contributed by atoms with Crippen LogP contribution in [0.4, 0.5) is 0 Å². The molecular formula is C14H17NO. The molecule has 0 spiro atoms. The molecule has 2 bridgehead atoms. The Morgan fingerprint density at radius 3 is 3.12 bits per heavy atom. The predicted molar refractivity (Wildman–Crippen MR) is 62.9 cm³/mol. The molecule has 3 atom stereocenters. The molecule has 0 saturated carbocycles. The fourth-order valence-corrected chi connectivity index (χ4v) is 2.84. The second kappa shape index (κ2) is 4.02. The molecule has 1 fully saturated rings. The van der Waals surface area contributed by atoms with Gasteiger partial charge in [0, 0.05) is 12.1 Å². The summed E-state index contributed by atoms with van der Waals surface area (Å²) in [7, 11) is 0. The average Bonchev–Trinajstić information content (AvgIpc) is 2.36. The number of rotatable bonds is 1. The lowest BCUT2D eigenvalue weighted by Crippen LogP contribution is -2.32. The molecule has 2 heteroatoms. The molecule has 3 rings (SSSR count). The van der Waals surface area contributed by atoms with Crippen molar-refractivity contribution in [3.05, 3.63) is 41.7 Å². The van der Waals surface area contributed by atoms with Crippen LogP contribution in [0.1, 0.15) is 31.6 Å². The Kier molecular flexibility index (Phi) is 2.52. The van der Waals surface area contributed by atoms with Crippen molar-refractivity contribution < 1.29 is 4.74 Å². The summed E-state index contributed by atoms with van der Waals surface area (Å²) in [5.41, 5.74) is 2.56. The second-order valence-corrected chi connectivity index (χ2v) is 4.90. The highest BCUT2D eigenvalue weighted by atomic mass is 16.5. The first-order valence-electron chi connectivity index (χ1n) is 6.04. The number of aromatic nitrogens is 1. The highest BCUT2D eigenvalue weighted by Crippen LogP contribution is 2.43. The van der Waals surface area contributed by atoms with Crippen molar-refractivity contribution in [2.45, 2.75) is 25.9 Å². The van der Waals surface area contributed by atoms with Crippen LogP contribution in [0.2, 0.25) is 0 Å². The molecule has 1 aromatic heterocycles. The summed E-state index contributed by atoms with van der Waals surface area (Å²) < 4.78 is 6.00. The van der Waals surface area contributed by atoms with E-state index >= 15 is 0 Å². The zero-order valence-corrected chi connectivity index (χ0v) is 9.60. The van der Waals surface area contributed by atoms with Crippen LogP contribution >= 0.6 is 0 Å². The highest BCUT2D eigenvalue weighted by molar-refractivity contribution is 5.18. The Hall–Kier alpha value is -1.15. The molecule has 0 N–H and O–H groups in total. The molecule has 16 heavy (non-hydrogen) atoms. The van der Waals surface area contributed by atoms with E-state index in [-0.39, 0.29) is 6.10 Å². The van der Waals surface area contributed by atoms with Crippen molar-refractivity contribution in [1.29, 1.82) is 0 Å². The molecule has 0 radical (unpaired) electrons. The summed E-state index contributed by atoms with van der Waals surface area (Å²) in [6.45, 7) is 3.12. The van der Waals surface area contributed by atoms with E-state index in [0.717, 1.165) is 18.2 Å². The van der Waals surface area contributed by atoms with E-state index in [2.05, 4.69) is 24.1 Å². The van der Waals surface area contributed by atoms with Crippen LogP contribution in [0.3, 0.4) is 0 Å². The minimum absolute atomic E-state index is 0.175. The first-order valence-corrected chi connectivity index (χ1v) is 6.04. The van der Waals surface area contributed by atoms with Gasteiger partial charge in [-0.2, -0.15) is 0 Å². The Morgan fingerprint density at radius 1 is 1.38 bits per heavy atom. The zero-order valence-electron chi connectivity index (χ0n) is 9.60. The molecule has 2 heterocycles. The summed E-state index contributed by atoms with van der Waals surface area (Å²) in [6.07, 6.45) is 6.87. The molecule has 0 amide bonds. The molecular weight excluding hydrogens is 198 g/mol. The Labute approximate surface area is 96.3 Å². The third-order valence-electron chi connectivity index (χ3n) is 3.80. The lowest BCUT2D eigenvalue weighted by Gasteiger charge is -2.39. The lowest BCUT2D eigenvalue weighted by atomic mass is 9.76. The zero-order chi connectivity index (χ0) is 11.0. The highest BCUT2D eigenvalue weighted by Gasteiger charge is 2.35. The number of fused-ring (bicyclic) bond motifs is 2. The first kappa shape index (κ1) is 10.0. The van der Waals surface area contributed by atoms with Gasteiger partial charge in [0.15, 0.2) is 0 Å². The number of hydrogen-bond donors (Lipinski definition) is 0. The van der Waals surface area contributed by atoms with Crippen molar-refractivity contribution in [2.75, 3.05) is 6.61 Å². The maximum Gasteiger partial charge on any atom is 0.106 e. The van der Waals surface area contributed by atoms with Crippen LogP contribution in [-0.2, 0) is 4.74 Å². The maximum atomic E-state index is 6.00. The molecule has 2 nitrogen and oxygen atoms in total. The van der Waals surface area contributed by atoms with Gasteiger partial charge in [-0.3, -0.25) is 4.98 Å². The topological polar surface area (TPSA) is 22.1 Å². The van der Waals surface area contributed by atoms with Crippen molar-refractivity contribution in [3.8, 4) is 0 Å². The Balaban J connectivity index is 1.91. The van der Waals surface area contributed by atoms with Crippen LogP contribution in [0.25, 0.3) is 0 Å². The second-order valence-electron chi connectivity index (χ2n) is 4.90. The van der Waals surface area contributed by atoms with Crippen LogP contribution in [0.15, 0.2) is 36.0 Å². The van der Waals surface area contributed by atoms with Gasteiger partial charge in [0.2, 0.25) is 0 Å². The average molecular weight is 215 g/mol. The molecule has 0 aromatic carbocycles. The van der Waals surface area contributed by atoms with Gasteiger partial charge in [-0.25, -0.2) is 0 Å². The number of ether oxygens (including phenoxy) is 1. The quantitative estimate of drug-likeness (QED) is 0.671. The van der Waals surface area contributed by atoms with Crippen molar-refractivity contribution >= 4 is 0 Å². The lowest BCUT2D eigenvalue weighted by molar-refractivity contribution is -0.0534. The van der Waals surface area contributed by atoms with Crippen LogP contribution in [-0.4, -0.2) is 11.6 Å². The molecule has 2 aliphatic rings. The summed E-state index contributed by atoms with van der Waals surface area (Å²) >= 11 is 0. The molecule has 1 saturated heterocycles. The van der Waals surface area contributed by atoms with E-state index in [0.29, 0.717) is 5.92 Å². The predicted octanol–water partition coefficient (Wildman–Crippen LogP) is 3.13. The smallest absolute Gasteiger partial charge is 0.106 e. The van der Waals surface area contributed by atoms with Gasteiger partial charge in [-0.1, -0.05) is 17.7 Å². The minimum Gasteiger partial charge on any atom is -0.371 e. The van der Waals surface area contributed by atoms with Crippen molar-refractivity contribution in [2.24, 2.45) is 11.8 Å². The maximum absolute atomic E-state index is 6.00. The summed E-state index contributed by atoms with van der Waals surface area (Å²) in [4.78, 5) is 4.43. The summed E-state index contributed by atoms with van der Waals surface area (Å²) in [5, 5.41) is 0. The van der Waals surface area contributed by atoms with E-state index in [1.165, 1.54) is 18.4 Å². The van der Waals surface area contributed by atoms with Gasteiger partial charge in [-0.15, -0.1) is 0 Å². The van der Waals surface area contributed by atoms with Crippen LogP contribution < -0.4 is 0 Å². The van der Waals surface area contributed by atoms with Crippen LogP contribution in [0.5, 0.6) is 0 Å². The Morgan fingerprint density at radius 2 is 2.31 bits per heavy atom. The fourth-order valence-electron chi connectivity index (χ4n) is 2.84. The molecule has 84 valence electrons. The van der Waals surface area contributed by atoms with E-state index in [1.54, 1.807) is 0 Å². The largest absolute Gasteiger partial charge is 0.371 e. The molecule has 3 unspecified atom stereocenters. The summed E-state index contributed by atoms with van der Waals surface area (Å²) in [5.74, 6) is 1.27. The minimum atomic E-state index is 0.175. The van der Waals surface area contributed by atoms with Gasteiger partial charge in [-0.05, 0) is 37.8 Å². The van der Waals surface area contributed by atoms with Crippen molar-refractivity contribution in [1.82, 2.24) is 4.98 Å². The molecule has 1 aliphatic carbocycles. The standard InChI is InChI=1S/C14H17NO/c1-10-5-6-11-8-12(10)14(16-9-11)13-4-2-3-7-15-13/h2-5,7,11-12,14H,6,8-9H2,1H3. The van der Waals surface area contributed by atoms with Crippen molar-refractivity contribution in [3.63, 3.8) is 0 Å². The third kappa shape index (κ3) is 1.67. The Bertz CT molecular complexity index is 398.